The summed E-state index contributed by atoms with van der Waals surface area (Å²) in [4.78, 5) is 0. The summed E-state index contributed by atoms with van der Waals surface area (Å²) in [5.74, 6) is 0. The molecule has 0 fully saturated rings. The van der Waals surface area contributed by atoms with Crippen molar-refractivity contribution >= 4 is 28.0 Å². The van der Waals surface area contributed by atoms with Gasteiger partial charge in [-0.05, 0) is 0 Å². The van der Waals surface area contributed by atoms with E-state index < -0.39 is 12.9 Å². The Labute approximate surface area is 78.1 Å². The summed E-state index contributed by atoms with van der Waals surface area (Å²) < 4.78 is 6.86. The number of hydrogen-bond acceptors (Lipinski definition) is 1. The molecule has 0 radical (unpaired) electrons. The van der Waals surface area contributed by atoms with Crippen LogP contribution in [0, 0.1) is 0 Å². The third-order valence-corrected chi connectivity index (χ3v) is 10.7. The van der Waals surface area contributed by atoms with E-state index in [2.05, 4.69) is 58.0 Å². The summed E-state index contributed by atoms with van der Waals surface area (Å²) in [5.41, 5.74) is -0.981. The molecule has 0 bridgehead atoms. The Morgan fingerprint density at radius 3 is 1.64 bits per heavy atom. The summed E-state index contributed by atoms with van der Waals surface area (Å²) in [6, 6.07) is 0. The second-order valence-electron chi connectivity index (χ2n) is 3.32. The third kappa shape index (κ3) is 3.57. The number of rotatable bonds is 2. The zero-order valence-corrected chi connectivity index (χ0v) is 11.7. The molecule has 0 rings (SSSR count). The van der Waals surface area contributed by atoms with Crippen molar-refractivity contribution in [2.45, 2.75) is 0 Å². The van der Waals surface area contributed by atoms with E-state index in [4.69, 9.17) is 0 Å². The predicted octanol–water partition coefficient (Wildman–Crippen LogP) is 2.20. The fourth-order valence-electron chi connectivity index (χ4n) is 0.657. The van der Waals surface area contributed by atoms with Crippen LogP contribution in [-0.2, 0) is 0 Å². The third-order valence-electron chi connectivity index (χ3n) is 1.89. The van der Waals surface area contributed by atoms with Crippen LogP contribution in [-0.4, -0.2) is 60.3 Å². The molecule has 0 aliphatic carbocycles. The van der Waals surface area contributed by atoms with Gasteiger partial charge in [-0.25, -0.2) is 0 Å². The van der Waals surface area contributed by atoms with Crippen molar-refractivity contribution in [2.75, 3.05) is 40.8 Å². The van der Waals surface area contributed by atoms with E-state index in [0.717, 1.165) is 0 Å². The van der Waals surface area contributed by atoms with Gasteiger partial charge in [0.25, 0.3) is 0 Å². The predicted molar refractivity (Wildman–Crippen MR) is 59.4 cm³/mol. The average Bonchev–Trinajstić information content (AvgIpc) is 1.84. The summed E-state index contributed by atoms with van der Waals surface area (Å²) in [5, 5.41) is 0. The molecule has 0 aromatic heterocycles. The van der Waals surface area contributed by atoms with E-state index >= 15 is 0 Å². The zero-order chi connectivity index (χ0) is 9.28. The molecule has 0 spiro atoms. The Bertz CT molecular complexity index is 225. The van der Waals surface area contributed by atoms with Crippen molar-refractivity contribution in [3.8, 4) is 0 Å². The van der Waals surface area contributed by atoms with E-state index in [9.17, 15) is 0 Å². The Hall–Kier alpha value is 1.14. The summed E-state index contributed by atoms with van der Waals surface area (Å²) >= 11 is 3.26. The quantitative estimate of drug-likeness (QED) is 0.548. The molecule has 2 nitrogen and oxygen atoms in total. The monoisotopic (exact) mass is 260 g/mol. The maximum atomic E-state index is 4.43. The van der Waals surface area contributed by atoms with E-state index in [1.54, 1.807) is 0 Å². The Morgan fingerprint density at radius 1 is 1.18 bits per heavy atom. The molecule has 0 amide bonds. The van der Waals surface area contributed by atoms with Crippen LogP contribution in [0.25, 0.3) is 0 Å². The summed E-state index contributed by atoms with van der Waals surface area (Å²) in [6.07, 6.45) is 0. The molecule has 0 unspecified atom stereocenters. The minimum atomic E-state index is -1.16. The van der Waals surface area contributed by atoms with E-state index in [-0.39, 0.29) is 0 Å². The van der Waals surface area contributed by atoms with Crippen molar-refractivity contribution in [1.29, 1.82) is 0 Å². The minimum absolute atomic E-state index is 0.981. The topological polar surface area (TPSA) is 15.6 Å². The van der Waals surface area contributed by atoms with E-state index in [1.807, 2.05) is 7.05 Å². The normalized spacial score (nSPS) is 13.7. The summed E-state index contributed by atoms with van der Waals surface area (Å²) in [7, 11) is 2.93. The zero-order valence-electron chi connectivity index (χ0n) is 8.20. The molecule has 0 atom stereocenters. The average molecular weight is 259 g/mol. The Balaban J connectivity index is 4.79. The van der Waals surface area contributed by atoms with Crippen molar-refractivity contribution in [2.24, 2.45) is 4.74 Å². The molecule has 0 aliphatic rings. The molecule has 0 aromatic carbocycles. The van der Waals surface area contributed by atoms with Crippen molar-refractivity contribution in [3.63, 3.8) is 0 Å². The molecule has 0 saturated heterocycles. The van der Waals surface area contributed by atoms with Crippen LogP contribution in [0.4, 0.5) is 0 Å². The van der Waals surface area contributed by atoms with Gasteiger partial charge in [0.15, 0.2) is 0 Å². The first-order valence-electron chi connectivity index (χ1n) is 3.47. The van der Waals surface area contributed by atoms with E-state index in [0.29, 0.717) is 0 Å². The van der Waals surface area contributed by atoms with Crippen molar-refractivity contribution in [3.05, 3.63) is 0 Å². The van der Waals surface area contributed by atoms with Gasteiger partial charge in [0.1, 0.15) is 0 Å². The second-order valence-corrected chi connectivity index (χ2v) is 16.1. The van der Waals surface area contributed by atoms with Crippen molar-refractivity contribution in [1.82, 2.24) is 4.44 Å². The van der Waals surface area contributed by atoms with Gasteiger partial charge in [-0.2, -0.15) is 0 Å². The Kier molecular flexibility index (Phi) is 4.30. The van der Waals surface area contributed by atoms with Gasteiger partial charge in [-0.3, -0.25) is 0 Å². The number of nitrogens with zero attached hydrogens (tertiary/aromatic N) is 2. The van der Waals surface area contributed by atoms with Gasteiger partial charge < -0.3 is 0 Å². The standard InChI is InChI=1S/C6H18N2P2Se/c1-7-9(3,4)8(2)10(5,6)11/h1-6H3. The molecule has 0 heterocycles. The van der Waals surface area contributed by atoms with Crippen LogP contribution in [0.5, 0.6) is 0 Å². The van der Waals surface area contributed by atoms with Crippen LogP contribution in [0.1, 0.15) is 0 Å². The molecule has 68 valence electrons. The molecule has 0 N–H and O–H groups in total. The fourth-order valence-corrected chi connectivity index (χ4v) is 8.75. The van der Waals surface area contributed by atoms with Crippen LogP contribution in [0.2, 0.25) is 0 Å². The molecular weight excluding hydrogens is 241 g/mol. The molecular formula is C6H18N2P2Se. The van der Waals surface area contributed by atoms with Gasteiger partial charge in [-0.15, -0.1) is 0 Å². The fraction of sp³-hybridized carbons (Fsp3) is 1.00. The van der Waals surface area contributed by atoms with Gasteiger partial charge in [0.05, 0.1) is 0 Å². The van der Waals surface area contributed by atoms with Gasteiger partial charge in [-0.1, -0.05) is 0 Å². The van der Waals surface area contributed by atoms with Gasteiger partial charge in [0, 0.05) is 0 Å². The summed E-state index contributed by atoms with van der Waals surface area (Å²) in [6.45, 7) is 9.04. The van der Waals surface area contributed by atoms with Crippen LogP contribution in [0.3, 0.4) is 0 Å². The maximum absolute atomic E-state index is 4.43. The molecule has 5 heteroatoms. The van der Waals surface area contributed by atoms with Crippen LogP contribution < -0.4 is 0 Å². The molecule has 0 saturated carbocycles. The first-order chi connectivity index (χ1) is 4.72. The van der Waals surface area contributed by atoms with Crippen LogP contribution >= 0.6 is 12.9 Å². The van der Waals surface area contributed by atoms with Crippen molar-refractivity contribution < 1.29 is 0 Å². The molecule has 11 heavy (non-hydrogen) atoms. The molecule has 0 aliphatic heterocycles. The molecule has 0 aromatic rings. The van der Waals surface area contributed by atoms with Crippen LogP contribution in [0.15, 0.2) is 4.74 Å². The van der Waals surface area contributed by atoms with E-state index in [1.165, 1.54) is 0 Å². The SMILES string of the molecule is CN=P(C)(C)N(C)P(C)(C)=[Se]. The first kappa shape index (κ1) is 12.1. The first-order valence-corrected chi connectivity index (χ1v) is 10.9. The second kappa shape index (κ2) is 3.90. The van der Waals surface area contributed by atoms with Gasteiger partial charge in [0.2, 0.25) is 0 Å². The number of hydrogen-bond donors (Lipinski definition) is 0. The van der Waals surface area contributed by atoms with Gasteiger partial charge >= 0.3 is 77.9 Å². The Morgan fingerprint density at radius 2 is 1.55 bits per heavy atom.